The number of rotatable bonds is 9. The molecule has 0 aliphatic heterocycles. The summed E-state index contributed by atoms with van der Waals surface area (Å²) >= 11 is 0. The Morgan fingerprint density at radius 2 is 1.55 bits per heavy atom. The molecule has 1 aliphatic carbocycles. The number of hydrogen-bond acceptors (Lipinski definition) is 4. The van der Waals surface area contributed by atoms with Crippen LogP contribution in [0, 0.1) is 5.41 Å². The summed E-state index contributed by atoms with van der Waals surface area (Å²) in [6.07, 6.45) is 0.329. The van der Waals surface area contributed by atoms with Crippen molar-refractivity contribution >= 4 is 10.0 Å². The number of alkyl halides is 3. The van der Waals surface area contributed by atoms with Gasteiger partial charge in [-0.05, 0) is 66.5 Å². The van der Waals surface area contributed by atoms with Crippen molar-refractivity contribution < 1.29 is 31.4 Å². The zero-order valence-corrected chi connectivity index (χ0v) is 17.8. The molecular weight excluding hydrogens is 431 g/mol. The summed E-state index contributed by atoms with van der Waals surface area (Å²) in [5.41, 5.74) is 1.95. The van der Waals surface area contributed by atoms with Crippen LogP contribution in [0.4, 0.5) is 13.2 Å². The van der Waals surface area contributed by atoms with Crippen molar-refractivity contribution in [3.63, 3.8) is 0 Å². The molecule has 1 saturated carbocycles. The van der Waals surface area contributed by atoms with Crippen LogP contribution >= 0.6 is 0 Å². The van der Waals surface area contributed by atoms with Crippen LogP contribution in [0.5, 0.6) is 5.75 Å². The normalized spacial score (nSPS) is 16.4. The van der Waals surface area contributed by atoms with Crippen molar-refractivity contribution in [3.8, 4) is 5.75 Å². The van der Waals surface area contributed by atoms with Crippen LogP contribution in [0.25, 0.3) is 0 Å². The summed E-state index contributed by atoms with van der Waals surface area (Å²) < 4.78 is 68.7. The molecule has 0 bridgehead atoms. The highest BCUT2D eigenvalue weighted by molar-refractivity contribution is 7.89. The van der Waals surface area contributed by atoms with Crippen molar-refractivity contribution in [1.82, 2.24) is 4.72 Å². The van der Waals surface area contributed by atoms with Gasteiger partial charge in [0.2, 0.25) is 10.0 Å². The van der Waals surface area contributed by atoms with Gasteiger partial charge >= 0.3 is 6.36 Å². The van der Waals surface area contributed by atoms with Gasteiger partial charge in [-0.25, -0.2) is 13.1 Å². The number of sulfonamides is 1. The molecule has 0 atom stereocenters. The predicted molar refractivity (Wildman–Crippen MR) is 110 cm³/mol. The lowest BCUT2D eigenvalue weighted by Gasteiger charge is -2.29. The maximum atomic E-state index is 12.7. The molecule has 2 N–H and O–H groups in total. The summed E-state index contributed by atoms with van der Waals surface area (Å²) in [6.45, 7) is 0.350. The topological polar surface area (TPSA) is 75.6 Å². The van der Waals surface area contributed by atoms with E-state index >= 15 is 0 Å². The molecule has 0 spiro atoms. The Morgan fingerprint density at radius 1 is 0.968 bits per heavy atom. The fourth-order valence-corrected chi connectivity index (χ4v) is 5.24. The van der Waals surface area contributed by atoms with Crippen LogP contribution in [0.1, 0.15) is 36.8 Å². The van der Waals surface area contributed by atoms with Crippen LogP contribution < -0.4 is 9.46 Å². The van der Waals surface area contributed by atoms with E-state index in [1.54, 1.807) is 0 Å². The van der Waals surface area contributed by atoms with E-state index in [1.165, 1.54) is 0 Å². The highest BCUT2D eigenvalue weighted by Crippen LogP contribution is 2.41. The second-order valence-corrected chi connectivity index (χ2v) is 9.78. The Bertz CT molecular complexity index is 952. The molecule has 9 heteroatoms. The Hall–Kier alpha value is -2.10. The van der Waals surface area contributed by atoms with Crippen molar-refractivity contribution in [3.05, 3.63) is 59.7 Å². The first-order valence-electron chi connectivity index (χ1n) is 10.2. The first-order chi connectivity index (χ1) is 14.6. The number of halogens is 3. The van der Waals surface area contributed by atoms with Crippen LogP contribution in [0.15, 0.2) is 53.4 Å². The molecule has 5 nitrogen and oxygen atoms in total. The molecule has 0 amide bonds. The largest absolute Gasteiger partial charge is 0.573 e. The van der Waals surface area contributed by atoms with Crippen LogP contribution in [0.3, 0.4) is 0 Å². The molecule has 2 aromatic rings. The van der Waals surface area contributed by atoms with E-state index in [9.17, 15) is 21.6 Å². The summed E-state index contributed by atoms with van der Waals surface area (Å²) in [6, 6.07) is 12.2. The van der Waals surface area contributed by atoms with Crippen LogP contribution in [0.2, 0.25) is 0 Å². The molecule has 0 heterocycles. The van der Waals surface area contributed by atoms with Crippen LogP contribution in [-0.4, -0.2) is 33.0 Å². The monoisotopic (exact) mass is 457 g/mol. The van der Waals surface area contributed by atoms with Crippen LogP contribution in [-0.2, 0) is 22.9 Å². The number of nitrogens with one attached hydrogen (secondary N) is 1. The summed E-state index contributed by atoms with van der Waals surface area (Å²) in [4.78, 5) is -0.108. The zero-order valence-electron chi connectivity index (χ0n) is 17.0. The fourth-order valence-electron chi connectivity index (χ4n) is 4.08. The van der Waals surface area contributed by atoms with Crippen molar-refractivity contribution in [2.45, 2.75) is 49.8 Å². The minimum absolute atomic E-state index is 0.0916. The van der Waals surface area contributed by atoms with Crippen molar-refractivity contribution in [1.29, 1.82) is 0 Å². The SMILES string of the molecule is O=S(=O)(NCC1(Cc2ccc(CCO)cc2)CCCC1)c1ccc(OC(F)(F)F)cc1. The number of hydrogen-bond donors (Lipinski definition) is 2. The standard InChI is InChI=1S/C22H26F3NO4S/c23-22(24,25)30-19-7-9-20(10-8-19)31(28,29)26-16-21(12-1-2-13-21)15-18-5-3-17(4-6-18)11-14-27/h3-10,26-27H,1-2,11-16H2. The van der Waals surface area contributed by atoms with E-state index < -0.39 is 22.1 Å². The van der Waals surface area contributed by atoms with Gasteiger partial charge in [-0.15, -0.1) is 13.2 Å². The van der Waals surface area contributed by atoms with Gasteiger partial charge in [-0.3, -0.25) is 0 Å². The maximum Gasteiger partial charge on any atom is 0.573 e. The molecular formula is C22H26F3NO4S. The Labute approximate surface area is 180 Å². The molecule has 0 saturated heterocycles. The molecule has 0 unspecified atom stereocenters. The Balaban J connectivity index is 1.67. The molecule has 170 valence electrons. The summed E-state index contributed by atoms with van der Waals surface area (Å²) in [5.74, 6) is -0.469. The number of aliphatic hydroxyl groups is 1. The summed E-state index contributed by atoms with van der Waals surface area (Å²) in [7, 11) is -3.87. The first-order valence-corrected chi connectivity index (χ1v) is 11.6. The highest BCUT2D eigenvalue weighted by atomic mass is 32.2. The van der Waals surface area contributed by atoms with Gasteiger partial charge in [0.25, 0.3) is 0 Å². The van der Waals surface area contributed by atoms with E-state index in [-0.39, 0.29) is 23.5 Å². The van der Waals surface area contributed by atoms with Crippen molar-refractivity contribution in [2.75, 3.05) is 13.2 Å². The van der Waals surface area contributed by atoms with Gasteiger partial charge in [0.05, 0.1) is 4.90 Å². The predicted octanol–water partition coefficient (Wildman–Crippen LogP) is 4.20. The lowest BCUT2D eigenvalue weighted by Crippen LogP contribution is -2.37. The third kappa shape index (κ3) is 6.69. The van der Waals surface area contributed by atoms with Gasteiger partial charge in [-0.1, -0.05) is 37.1 Å². The Morgan fingerprint density at radius 3 is 2.10 bits per heavy atom. The lowest BCUT2D eigenvalue weighted by atomic mass is 9.80. The van der Waals surface area contributed by atoms with E-state index in [1.807, 2.05) is 24.3 Å². The molecule has 0 radical (unpaired) electrons. The molecule has 1 aliphatic rings. The molecule has 0 aromatic heterocycles. The highest BCUT2D eigenvalue weighted by Gasteiger charge is 2.35. The minimum Gasteiger partial charge on any atom is -0.406 e. The van der Waals surface area contributed by atoms with E-state index in [0.29, 0.717) is 6.42 Å². The molecule has 1 fully saturated rings. The number of benzene rings is 2. The second-order valence-electron chi connectivity index (χ2n) is 8.02. The van der Waals surface area contributed by atoms with Crippen molar-refractivity contribution in [2.24, 2.45) is 5.41 Å². The smallest absolute Gasteiger partial charge is 0.406 e. The first kappa shape index (κ1) is 23.6. The molecule has 31 heavy (non-hydrogen) atoms. The lowest BCUT2D eigenvalue weighted by molar-refractivity contribution is -0.274. The number of ether oxygens (including phenoxy) is 1. The Kier molecular flexibility index (Phi) is 7.28. The van der Waals surface area contributed by atoms with E-state index in [0.717, 1.165) is 67.5 Å². The fraction of sp³-hybridized carbons (Fsp3) is 0.455. The maximum absolute atomic E-state index is 12.7. The van der Waals surface area contributed by atoms with Gasteiger partial charge in [0.15, 0.2) is 0 Å². The van der Waals surface area contributed by atoms with E-state index in [4.69, 9.17) is 5.11 Å². The van der Waals surface area contributed by atoms with Gasteiger partial charge in [0.1, 0.15) is 5.75 Å². The van der Waals surface area contributed by atoms with Gasteiger partial charge < -0.3 is 9.84 Å². The van der Waals surface area contributed by atoms with E-state index in [2.05, 4.69) is 9.46 Å². The van der Waals surface area contributed by atoms with Gasteiger partial charge in [0, 0.05) is 13.2 Å². The second kappa shape index (κ2) is 9.58. The quantitative estimate of drug-likeness (QED) is 0.592. The third-order valence-electron chi connectivity index (χ3n) is 5.67. The third-order valence-corrected chi connectivity index (χ3v) is 7.09. The van der Waals surface area contributed by atoms with Gasteiger partial charge in [-0.2, -0.15) is 0 Å². The molecule has 2 aromatic carbocycles. The average molecular weight is 458 g/mol. The minimum atomic E-state index is -4.83. The zero-order chi connectivity index (χ0) is 22.5. The molecule has 3 rings (SSSR count). The summed E-state index contributed by atoms with van der Waals surface area (Å²) in [5, 5.41) is 9.04. The number of aliphatic hydroxyl groups excluding tert-OH is 1. The average Bonchev–Trinajstić information content (AvgIpc) is 3.16.